The summed E-state index contributed by atoms with van der Waals surface area (Å²) in [6.07, 6.45) is 3.50. The number of carbonyl (C=O) groups is 1. The molecule has 0 saturated heterocycles. The quantitative estimate of drug-likeness (QED) is 0.480. The maximum Gasteiger partial charge on any atom is 0.321 e. The number of rotatable bonds is 5. The Hall–Kier alpha value is -0.810. The summed E-state index contributed by atoms with van der Waals surface area (Å²) in [7, 11) is 0. The number of para-hydroxylation sites is 1. The Morgan fingerprint density at radius 3 is 2.47 bits per heavy atom. The van der Waals surface area contributed by atoms with Crippen LogP contribution in [0.15, 0.2) is 54.9 Å². The van der Waals surface area contributed by atoms with Crippen LogP contribution in [0.2, 0.25) is 0 Å². The van der Waals surface area contributed by atoms with Crippen molar-refractivity contribution in [2.75, 3.05) is 5.75 Å². The summed E-state index contributed by atoms with van der Waals surface area (Å²) in [6, 6.07) is 13.0. The summed E-state index contributed by atoms with van der Waals surface area (Å²) >= 11 is 1.53. The van der Waals surface area contributed by atoms with Crippen LogP contribution in [0.3, 0.4) is 0 Å². The van der Waals surface area contributed by atoms with Crippen molar-refractivity contribution >= 4 is 47.3 Å². The molecule has 2 rings (SSSR count). The summed E-state index contributed by atoms with van der Waals surface area (Å²) in [6.45, 7) is 0. The maximum absolute atomic E-state index is 11.5. The number of hydrogen-bond acceptors (Lipinski definition) is 4. The standard InChI is InChI=1S/C14H13NO2S.Na/c16-14(17-13-4-2-1-3-5-13)11-18-10-12-6-8-15-9-7-12;/h1-9H,10-11H2;. The van der Waals surface area contributed by atoms with E-state index in [1.807, 2.05) is 30.3 Å². The number of nitrogens with zero attached hydrogens (tertiary/aromatic N) is 1. The summed E-state index contributed by atoms with van der Waals surface area (Å²) < 4.78 is 5.18. The van der Waals surface area contributed by atoms with E-state index in [4.69, 9.17) is 4.74 Å². The largest absolute Gasteiger partial charge is 0.426 e. The molecule has 0 aliphatic carbocycles. The second-order valence-corrected chi connectivity index (χ2v) is 4.62. The molecule has 1 aromatic carbocycles. The van der Waals surface area contributed by atoms with Crippen LogP contribution in [-0.4, -0.2) is 46.3 Å². The second kappa shape index (κ2) is 9.15. The smallest absolute Gasteiger partial charge is 0.321 e. The van der Waals surface area contributed by atoms with Gasteiger partial charge in [0.05, 0.1) is 5.75 Å². The molecule has 0 spiro atoms. The van der Waals surface area contributed by atoms with E-state index in [1.54, 1.807) is 24.5 Å². The van der Waals surface area contributed by atoms with Crippen molar-refractivity contribution in [2.24, 2.45) is 0 Å². The van der Waals surface area contributed by atoms with Gasteiger partial charge < -0.3 is 4.74 Å². The third-order valence-electron chi connectivity index (χ3n) is 2.21. The number of hydrogen-bond donors (Lipinski definition) is 0. The van der Waals surface area contributed by atoms with E-state index in [0.29, 0.717) is 11.5 Å². The molecule has 0 atom stereocenters. The van der Waals surface area contributed by atoms with Gasteiger partial charge in [0.15, 0.2) is 0 Å². The molecule has 1 heterocycles. The number of esters is 1. The van der Waals surface area contributed by atoms with Gasteiger partial charge in [-0.25, -0.2) is 0 Å². The number of ether oxygens (including phenoxy) is 1. The molecule has 19 heavy (non-hydrogen) atoms. The van der Waals surface area contributed by atoms with Gasteiger partial charge in [-0.3, -0.25) is 9.78 Å². The van der Waals surface area contributed by atoms with Crippen molar-refractivity contribution < 1.29 is 9.53 Å². The fourth-order valence-electron chi connectivity index (χ4n) is 1.38. The molecular formula is C14H13NNaO2S. The first-order valence-electron chi connectivity index (χ1n) is 5.57. The van der Waals surface area contributed by atoms with Gasteiger partial charge in [0.1, 0.15) is 5.75 Å². The number of carbonyl (C=O) groups excluding carboxylic acids is 1. The van der Waals surface area contributed by atoms with Crippen LogP contribution in [0.4, 0.5) is 0 Å². The molecule has 1 aromatic heterocycles. The molecule has 0 fully saturated rings. The number of benzene rings is 1. The predicted octanol–water partition coefficient (Wildman–Crippen LogP) is 2.54. The van der Waals surface area contributed by atoms with E-state index in [2.05, 4.69) is 4.98 Å². The third kappa shape index (κ3) is 6.25. The van der Waals surface area contributed by atoms with Gasteiger partial charge in [-0.1, -0.05) is 18.2 Å². The first-order valence-corrected chi connectivity index (χ1v) is 6.72. The van der Waals surface area contributed by atoms with Crippen LogP contribution in [0.25, 0.3) is 0 Å². The van der Waals surface area contributed by atoms with Crippen molar-refractivity contribution in [2.45, 2.75) is 5.75 Å². The summed E-state index contributed by atoms with van der Waals surface area (Å²) in [5, 5.41) is 0. The van der Waals surface area contributed by atoms with Crippen molar-refractivity contribution in [1.29, 1.82) is 0 Å². The average Bonchev–Trinajstić information content (AvgIpc) is 2.41. The molecule has 2 aromatic rings. The third-order valence-corrected chi connectivity index (χ3v) is 3.19. The minimum absolute atomic E-state index is 0. The Balaban J connectivity index is 0.00000180. The van der Waals surface area contributed by atoms with Crippen LogP contribution in [0, 0.1) is 0 Å². The zero-order valence-corrected chi connectivity index (χ0v) is 13.6. The van der Waals surface area contributed by atoms with Crippen LogP contribution in [0.5, 0.6) is 5.75 Å². The van der Waals surface area contributed by atoms with Gasteiger partial charge in [0, 0.05) is 47.7 Å². The van der Waals surface area contributed by atoms with E-state index in [-0.39, 0.29) is 35.5 Å². The van der Waals surface area contributed by atoms with Crippen LogP contribution < -0.4 is 4.74 Å². The van der Waals surface area contributed by atoms with Crippen molar-refractivity contribution in [3.8, 4) is 5.75 Å². The zero-order valence-electron chi connectivity index (χ0n) is 10.8. The molecule has 5 heteroatoms. The first kappa shape index (κ1) is 16.2. The minimum Gasteiger partial charge on any atom is -0.426 e. The van der Waals surface area contributed by atoms with Crippen LogP contribution in [0.1, 0.15) is 5.56 Å². The first-order chi connectivity index (χ1) is 8.84. The SMILES string of the molecule is O=C(CSCc1ccncc1)Oc1ccccc1.[Na]. The van der Waals surface area contributed by atoms with Crippen molar-refractivity contribution in [1.82, 2.24) is 4.98 Å². The van der Waals surface area contributed by atoms with Crippen LogP contribution in [-0.2, 0) is 10.5 Å². The molecular weight excluding hydrogens is 269 g/mol. The topological polar surface area (TPSA) is 39.2 Å². The summed E-state index contributed by atoms with van der Waals surface area (Å²) in [5.74, 6) is 1.50. The Kier molecular flexibility index (Phi) is 7.82. The van der Waals surface area contributed by atoms with Gasteiger partial charge in [0.2, 0.25) is 0 Å². The number of thioether (sulfide) groups is 1. The summed E-state index contributed by atoms with van der Waals surface area (Å²) in [5.41, 5.74) is 1.16. The molecule has 0 aliphatic rings. The molecule has 3 nitrogen and oxygen atoms in total. The minimum atomic E-state index is -0.222. The van der Waals surface area contributed by atoms with Gasteiger partial charge in [-0.2, -0.15) is 0 Å². The normalized spacial score (nSPS) is 9.47. The van der Waals surface area contributed by atoms with Crippen molar-refractivity contribution in [3.05, 3.63) is 60.4 Å². The monoisotopic (exact) mass is 282 g/mol. The van der Waals surface area contributed by atoms with Gasteiger partial charge in [0.25, 0.3) is 0 Å². The van der Waals surface area contributed by atoms with Crippen molar-refractivity contribution in [3.63, 3.8) is 0 Å². The van der Waals surface area contributed by atoms with Gasteiger partial charge >= 0.3 is 5.97 Å². The van der Waals surface area contributed by atoms with E-state index in [1.165, 1.54) is 11.8 Å². The molecule has 0 unspecified atom stereocenters. The molecule has 93 valence electrons. The fourth-order valence-corrected chi connectivity index (χ4v) is 2.14. The Labute approximate surface area is 139 Å². The molecule has 0 aliphatic heterocycles. The molecule has 0 amide bonds. The molecule has 0 bridgehead atoms. The fraction of sp³-hybridized carbons (Fsp3) is 0.143. The second-order valence-electron chi connectivity index (χ2n) is 3.64. The van der Waals surface area contributed by atoms with Gasteiger partial charge in [-0.05, 0) is 29.8 Å². The van der Waals surface area contributed by atoms with E-state index in [0.717, 1.165) is 11.3 Å². The average molecular weight is 282 g/mol. The maximum atomic E-state index is 11.5. The van der Waals surface area contributed by atoms with Crippen LogP contribution >= 0.6 is 11.8 Å². The zero-order chi connectivity index (χ0) is 12.6. The molecule has 1 radical (unpaired) electrons. The predicted molar refractivity (Wildman–Crippen MR) is 78.2 cm³/mol. The number of pyridine rings is 1. The number of aromatic nitrogens is 1. The summed E-state index contributed by atoms with van der Waals surface area (Å²) in [4.78, 5) is 15.5. The molecule has 0 N–H and O–H groups in total. The van der Waals surface area contributed by atoms with E-state index >= 15 is 0 Å². The Bertz CT molecular complexity index is 493. The van der Waals surface area contributed by atoms with Gasteiger partial charge in [-0.15, -0.1) is 11.8 Å². The van der Waals surface area contributed by atoms with E-state index < -0.39 is 0 Å². The molecule has 0 saturated carbocycles. The van der Waals surface area contributed by atoms with E-state index in [9.17, 15) is 4.79 Å². The Morgan fingerprint density at radius 2 is 1.79 bits per heavy atom. The Morgan fingerprint density at radius 1 is 1.11 bits per heavy atom.